The van der Waals surface area contributed by atoms with E-state index in [2.05, 4.69) is 11.9 Å². The van der Waals surface area contributed by atoms with Crippen molar-refractivity contribution in [2.24, 2.45) is 10.7 Å². The third-order valence-electron chi connectivity index (χ3n) is 1.75. The number of rotatable bonds is 7. The fourth-order valence-corrected chi connectivity index (χ4v) is 1.06. The molecule has 0 spiro atoms. The maximum absolute atomic E-state index is 5.10. The number of unbranched alkanes of at least 4 members (excludes halogenated alkanes) is 5. The van der Waals surface area contributed by atoms with E-state index in [1.54, 1.807) is 0 Å². The van der Waals surface area contributed by atoms with E-state index in [0.29, 0.717) is 0 Å². The normalized spacial score (nSPS) is 11.0. The third kappa shape index (κ3) is 9.47. The molecule has 0 bridgehead atoms. The van der Waals surface area contributed by atoms with E-state index >= 15 is 0 Å². The molecule has 0 aromatic rings. The molecule has 0 rings (SSSR count). The Bertz CT molecular complexity index is 89.6. The van der Waals surface area contributed by atoms with Crippen LogP contribution < -0.4 is 5.73 Å². The molecular weight excluding hydrogens is 136 g/mol. The molecule has 2 nitrogen and oxygen atoms in total. The monoisotopic (exact) mass is 156 g/mol. The number of aliphatic imine (C=N–C) groups is 1. The first-order valence-corrected chi connectivity index (χ1v) is 4.61. The minimum absolute atomic E-state index is 0.905. The second-order valence-corrected chi connectivity index (χ2v) is 2.82. The number of hydrogen-bond acceptors (Lipinski definition) is 1. The molecule has 2 N–H and O–H groups in total. The van der Waals surface area contributed by atoms with Gasteiger partial charge in [-0.05, 0) is 6.42 Å². The first kappa shape index (κ1) is 10.5. The van der Waals surface area contributed by atoms with Crippen LogP contribution in [0.2, 0.25) is 0 Å². The van der Waals surface area contributed by atoms with Gasteiger partial charge in [0.1, 0.15) is 0 Å². The molecular formula is C9H20N2. The first-order valence-electron chi connectivity index (χ1n) is 4.61. The summed E-state index contributed by atoms with van der Waals surface area (Å²) in [6, 6.07) is 0. The zero-order chi connectivity index (χ0) is 8.36. The van der Waals surface area contributed by atoms with Crippen LogP contribution in [0.1, 0.15) is 45.4 Å². The Kier molecular flexibility index (Phi) is 9.01. The number of hydrogen-bond donors (Lipinski definition) is 1. The smallest absolute Gasteiger partial charge is 0.0797 e. The molecule has 0 unspecified atom stereocenters. The topological polar surface area (TPSA) is 38.4 Å². The van der Waals surface area contributed by atoms with Gasteiger partial charge in [0.25, 0.3) is 0 Å². The van der Waals surface area contributed by atoms with Crippen molar-refractivity contribution >= 4 is 6.34 Å². The van der Waals surface area contributed by atoms with E-state index in [4.69, 9.17) is 5.73 Å². The molecule has 0 aliphatic rings. The van der Waals surface area contributed by atoms with Crippen molar-refractivity contribution in [1.29, 1.82) is 0 Å². The molecule has 0 radical (unpaired) electrons. The van der Waals surface area contributed by atoms with E-state index < -0.39 is 0 Å². The highest BCUT2D eigenvalue weighted by molar-refractivity contribution is 5.50. The van der Waals surface area contributed by atoms with Crippen LogP contribution in [0, 0.1) is 0 Å². The van der Waals surface area contributed by atoms with Gasteiger partial charge in [0.15, 0.2) is 0 Å². The summed E-state index contributed by atoms with van der Waals surface area (Å²) in [5, 5.41) is 0. The predicted molar refractivity (Wildman–Crippen MR) is 50.9 cm³/mol. The lowest BCUT2D eigenvalue weighted by Crippen LogP contribution is -1.91. The van der Waals surface area contributed by atoms with Crippen LogP contribution in [0.15, 0.2) is 4.99 Å². The summed E-state index contributed by atoms with van der Waals surface area (Å²) in [5.41, 5.74) is 5.10. The average molecular weight is 156 g/mol. The Hall–Kier alpha value is -0.530. The standard InChI is InChI=1S/C9H20N2/c1-2-3-4-5-6-7-8-11-9-10/h9H,2-8H2,1H3,(H2,10,11). The molecule has 0 aliphatic carbocycles. The molecule has 0 atom stereocenters. The molecule has 0 saturated carbocycles. The van der Waals surface area contributed by atoms with E-state index in [1.807, 2.05) is 0 Å². The lowest BCUT2D eigenvalue weighted by atomic mass is 10.1. The van der Waals surface area contributed by atoms with Gasteiger partial charge < -0.3 is 5.73 Å². The molecule has 0 aliphatic heterocycles. The lowest BCUT2D eigenvalue weighted by molar-refractivity contribution is 0.612. The summed E-state index contributed by atoms with van der Waals surface area (Å²) in [4.78, 5) is 3.94. The van der Waals surface area contributed by atoms with Crippen molar-refractivity contribution in [1.82, 2.24) is 0 Å². The Balaban J connectivity index is 2.79. The van der Waals surface area contributed by atoms with Crippen molar-refractivity contribution in [3.63, 3.8) is 0 Å². The summed E-state index contributed by atoms with van der Waals surface area (Å²) >= 11 is 0. The molecule has 66 valence electrons. The van der Waals surface area contributed by atoms with Crippen LogP contribution in [0.3, 0.4) is 0 Å². The Morgan fingerprint density at radius 1 is 1.09 bits per heavy atom. The molecule has 0 heterocycles. The molecule has 11 heavy (non-hydrogen) atoms. The fraction of sp³-hybridized carbons (Fsp3) is 0.889. The number of nitrogens with zero attached hydrogens (tertiary/aromatic N) is 1. The number of nitrogens with two attached hydrogens (primary N) is 1. The van der Waals surface area contributed by atoms with Gasteiger partial charge in [-0.2, -0.15) is 0 Å². The minimum atomic E-state index is 0.905. The van der Waals surface area contributed by atoms with Crippen LogP contribution in [-0.2, 0) is 0 Å². The van der Waals surface area contributed by atoms with Crippen LogP contribution in [-0.4, -0.2) is 12.9 Å². The zero-order valence-corrected chi connectivity index (χ0v) is 7.55. The lowest BCUT2D eigenvalue weighted by Gasteiger charge is -1.96. The van der Waals surface area contributed by atoms with E-state index in [1.165, 1.54) is 44.9 Å². The summed E-state index contributed by atoms with van der Waals surface area (Å²) in [7, 11) is 0. The molecule has 0 aromatic carbocycles. The van der Waals surface area contributed by atoms with E-state index in [9.17, 15) is 0 Å². The van der Waals surface area contributed by atoms with Crippen LogP contribution in [0.25, 0.3) is 0 Å². The largest absolute Gasteiger partial charge is 0.390 e. The van der Waals surface area contributed by atoms with Crippen molar-refractivity contribution in [2.75, 3.05) is 6.54 Å². The summed E-state index contributed by atoms with van der Waals surface area (Å²) < 4.78 is 0. The Morgan fingerprint density at radius 3 is 2.36 bits per heavy atom. The van der Waals surface area contributed by atoms with Gasteiger partial charge >= 0.3 is 0 Å². The van der Waals surface area contributed by atoms with Gasteiger partial charge in [-0.15, -0.1) is 0 Å². The van der Waals surface area contributed by atoms with Crippen molar-refractivity contribution in [3.05, 3.63) is 0 Å². The molecule has 0 aromatic heterocycles. The molecule has 0 fully saturated rings. The summed E-state index contributed by atoms with van der Waals surface area (Å²) in [6.45, 7) is 3.14. The van der Waals surface area contributed by atoms with E-state index in [-0.39, 0.29) is 0 Å². The zero-order valence-electron chi connectivity index (χ0n) is 7.55. The highest BCUT2D eigenvalue weighted by atomic mass is 14.8. The van der Waals surface area contributed by atoms with Crippen LogP contribution in [0.5, 0.6) is 0 Å². The molecule has 0 saturated heterocycles. The maximum Gasteiger partial charge on any atom is 0.0797 e. The molecule has 0 amide bonds. The van der Waals surface area contributed by atoms with Gasteiger partial charge in [-0.25, -0.2) is 0 Å². The van der Waals surface area contributed by atoms with Crippen LogP contribution in [0.4, 0.5) is 0 Å². The van der Waals surface area contributed by atoms with Gasteiger partial charge in [-0.1, -0.05) is 39.0 Å². The SMILES string of the molecule is CCCCCCCCN=CN. The highest BCUT2D eigenvalue weighted by Gasteiger charge is 1.87. The van der Waals surface area contributed by atoms with Crippen LogP contribution >= 0.6 is 0 Å². The Morgan fingerprint density at radius 2 is 1.73 bits per heavy atom. The summed E-state index contributed by atoms with van der Waals surface area (Å²) in [6.07, 6.45) is 9.32. The summed E-state index contributed by atoms with van der Waals surface area (Å²) in [5.74, 6) is 0. The first-order chi connectivity index (χ1) is 5.41. The molecule has 2 heteroatoms. The van der Waals surface area contributed by atoms with Crippen molar-refractivity contribution in [2.45, 2.75) is 45.4 Å². The van der Waals surface area contributed by atoms with Gasteiger partial charge in [0.05, 0.1) is 6.34 Å². The second kappa shape index (κ2) is 9.47. The van der Waals surface area contributed by atoms with E-state index in [0.717, 1.165) is 6.54 Å². The third-order valence-corrected chi connectivity index (χ3v) is 1.75. The van der Waals surface area contributed by atoms with Crippen molar-refractivity contribution in [3.8, 4) is 0 Å². The van der Waals surface area contributed by atoms with Gasteiger partial charge in [-0.3, -0.25) is 4.99 Å². The second-order valence-electron chi connectivity index (χ2n) is 2.82. The average Bonchev–Trinajstić information content (AvgIpc) is 2.03. The quantitative estimate of drug-likeness (QED) is 0.343. The van der Waals surface area contributed by atoms with Gasteiger partial charge in [0, 0.05) is 6.54 Å². The highest BCUT2D eigenvalue weighted by Crippen LogP contribution is 2.04. The predicted octanol–water partition coefficient (Wildman–Crippen LogP) is 2.33. The fourth-order valence-electron chi connectivity index (χ4n) is 1.06. The van der Waals surface area contributed by atoms with Crippen molar-refractivity contribution < 1.29 is 0 Å². The maximum atomic E-state index is 5.10. The van der Waals surface area contributed by atoms with Gasteiger partial charge in [0.2, 0.25) is 0 Å². The Labute approximate surface area is 69.9 Å². The minimum Gasteiger partial charge on any atom is -0.390 e.